The van der Waals surface area contributed by atoms with Gasteiger partial charge in [-0.1, -0.05) is 0 Å². The van der Waals surface area contributed by atoms with Crippen LogP contribution in [0.3, 0.4) is 0 Å². The van der Waals surface area contributed by atoms with Crippen LogP contribution in [0.2, 0.25) is 0 Å². The molecule has 0 aliphatic carbocycles. The van der Waals surface area contributed by atoms with Gasteiger partial charge in [0.15, 0.2) is 0 Å². The monoisotopic (exact) mass is 368 g/mol. The molecule has 0 aromatic heterocycles. The number of hydrogen-bond donors (Lipinski definition) is 0. The Morgan fingerprint density at radius 2 is 0.963 bits per heavy atom. The summed E-state index contributed by atoms with van der Waals surface area (Å²) in [7, 11) is -2.21. The first kappa shape index (κ1) is 17.7. The van der Waals surface area contributed by atoms with E-state index in [1.807, 2.05) is 0 Å². The van der Waals surface area contributed by atoms with E-state index in [4.69, 9.17) is 0 Å². The molecule has 0 nitrogen and oxygen atoms in total. The summed E-state index contributed by atoms with van der Waals surface area (Å²) in [6.45, 7) is 2.26. The Morgan fingerprint density at radius 1 is 0.519 bits per heavy atom. The van der Waals surface area contributed by atoms with Crippen LogP contribution in [0.25, 0.3) is 0 Å². The molecule has 134 valence electrons. The predicted octanol–water partition coefficient (Wildman–Crippen LogP) is 5.22. The molecule has 4 aromatic carbocycles. The molecule has 0 amide bonds. The maximum atomic E-state index is 2.35. The van der Waals surface area contributed by atoms with Gasteiger partial charge in [0.2, 0.25) is 0 Å². The van der Waals surface area contributed by atoms with Gasteiger partial charge >= 0.3 is 163 Å². The molecule has 0 saturated carbocycles. The van der Waals surface area contributed by atoms with Gasteiger partial charge in [0.1, 0.15) is 0 Å². The minimum absolute atomic E-state index is 1.06. The Hall–Kier alpha value is -2.69. The quantitative estimate of drug-likeness (QED) is 0.424. The van der Waals surface area contributed by atoms with Gasteiger partial charge in [-0.2, -0.15) is 0 Å². The fraction of sp³-hybridized carbons (Fsp3) is 0.0769. The van der Waals surface area contributed by atoms with Crippen molar-refractivity contribution in [2.45, 2.75) is 13.1 Å². The number of hydrogen-bond acceptors (Lipinski definition) is 0. The second-order valence-electron chi connectivity index (χ2n) is 7.11. The molecule has 0 bridgehead atoms. The van der Waals surface area contributed by atoms with Gasteiger partial charge < -0.3 is 0 Å². The zero-order chi connectivity index (χ0) is 18.5. The van der Waals surface area contributed by atoms with Gasteiger partial charge in [-0.15, -0.1) is 0 Å². The van der Waals surface area contributed by atoms with Crippen LogP contribution in [0.5, 0.6) is 0 Å². The molecule has 0 spiro atoms. The summed E-state index contributed by atoms with van der Waals surface area (Å²) in [6.07, 6.45) is 1.06. The van der Waals surface area contributed by atoms with E-state index in [2.05, 4.69) is 122 Å². The van der Waals surface area contributed by atoms with Gasteiger partial charge in [-0.3, -0.25) is 0 Å². The van der Waals surface area contributed by atoms with E-state index in [0.717, 1.165) is 6.16 Å². The van der Waals surface area contributed by atoms with Crippen molar-refractivity contribution in [1.82, 2.24) is 0 Å². The maximum absolute atomic E-state index is 2.35. The molecule has 0 atom stereocenters. The van der Waals surface area contributed by atoms with Crippen molar-refractivity contribution in [1.29, 1.82) is 0 Å². The van der Waals surface area contributed by atoms with E-state index in [1.54, 1.807) is 0 Å². The molecule has 4 aromatic rings. The topological polar surface area (TPSA) is 0 Å². The van der Waals surface area contributed by atoms with E-state index >= 15 is 0 Å². The number of benzene rings is 4. The second-order valence-corrected chi connectivity index (χ2v) is 11.0. The van der Waals surface area contributed by atoms with Crippen LogP contribution in [0.1, 0.15) is 11.1 Å². The Morgan fingerprint density at radius 3 is 1.48 bits per heavy atom. The fourth-order valence-electron chi connectivity index (χ4n) is 4.18. The summed E-state index contributed by atoms with van der Waals surface area (Å²) in [6, 6.07) is 42.2. The van der Waals surface area contributed by atoms with Gasteiger partial charge in [-0.25, -0.2) is 0 Å². The third-order valence-corrected chi connectivity index (χ3v) is 10.5. The Labute approximate surface area is 162 Å². The zero-order valence-corrected chi connectivity index (χ0v) is 16.7. The van der Waals surface area contributed by atoms with Crippen molar-refractivity contribution in [2.75, 3.05) is 0 Å². The Kier molecular flexibility index (Phi) is 5.19. The van der Waals surface area contributed by atoms with Crippen LogP contribution in [-0.2, 0) is 6.16 Å². The first-order chi connectivity index (χ1) is 13.3. The number of rotatable bonds is 5. The van der Waals surface area contributed by atoms with Crippen molar-refractivity contribution in [3.8, 4) is 0 Å². The molecule has 1 heteroatoms. The summed E-state index contributed by atoms with van der Waals surface area (Å²) in [5.41, 5.74) is 2.79. The minimum atomic E-state index is -2.21. The molecule has 0 unspecified atom stereocenters. The predicted molar refractivity (Wildman–Crippen MR) is 121 cm³/mol. The molecule has 0 aliphatic heterocycles. The van der Waals surface area contributed by atoms with E-state index in [-0.39, 0.29) is 0 Å². The standard InChI is InChI=1S/C26H25P/c1-22-13-11-12-20-26(22)27(24-16-7-3-8-17-24,25-18-9-4-10-19-25)21-23-14-5-2-6-15-23/h2-20,27H,21H2,1H3. The molecule has 0 heterocycles. The summed E-state index contributed by atoms with van der Waals surface area (Å²) in [4.78, 5) is 0. The summed E-state index contributed by atoms with van der Waals surface area (Å²) >= 11 is 0. The molecule has 0 aliphatic rings. The first-order valence-electron chi connectivity index (χ1n) is 9.52. The fourth-order valence-corrected chi connectivity index (χ4v) is 9.24. The van der Waals surface area contributed by atoms with Gasteiger partial charge in [-0.05, 0) is 0 Å². The van der Waals surface area contributed by atoms with Crippen molar-refractivity contribution in [3.05, 3.63) is 126 Å². The number of aryl methyl sites for hydroxylation is 1. The van der Waals surface area contributed by atoms with Crippen molar-refractivity contribution in [3.63, 3.8) is 0 Å². The van der Waals surface area contributed by atoms with Crippen LogP contribution in [0.4, 0.5) is 0 Å². The van der Waals surface area contributed by atoms with Crippen LogP contribution in [0, 0.1) is 6.92 Å². The van der Waals surface area contributed by atoms with Crippen molar-refractivity contribution < 1.29 is 0 Å². The first-order valence-corrected chi connectivity index (χ1v) is 11.7. The molecule has 27 heavy (non-hydrogen) atoms. The molecule has 0 radical (unpaired) electrons. The second kappa shape index (κ2) is 7.91. The third kappa shape index (κ3) is 3.46. The molecular formula is C26H25P. The average molecular weight is 368 g/mol. The van der Waals surface area contributed by atoms with Crippen molar-refractivity contribution in [2.24, 2.45) is 0 Å². The van der Waals surface area contributed by atoms with Crippen LogP contribution >= 0.6 is 7.26 Å². The Balaban J connectivity index is 2.04. The van der Waals surface area contributed by atoms with E-state index in [0.29, 0.717) is 0 Å². The molecule has 4 rings (SSSR count). The summed E-state index contributed by atoms with van der Waals surface area (Å²) < 4.78 is 0. The van der Waals surface area contributed by atoms with Gasteiger partial charge in [0.05, 0.1) is 0 Å². The molecule has 0 fully saturated rings. The Bertz CT molecular complexity index is 952. The van der Waals surface area contributed by atoms with Crippen LogP contribution in [-0.4, -0.2) is 0 Å². The summed E-state index contributed by atoms with van der Waals surface area (Å²) in [5, 5.41) is 4.44. The van der Waals surface area contributed by atoms with E-state index < -0.39 is 7.26 Å². The normalized spacial score (nSPS) is 11.9. The van der Waals surface area contributed by atoms with Gasteiger partial charge in [0.25, 0.3) is 0 Å². The van der Waals surface area contributed by atoms with Crippen LogP contribution in [0.15, 0.2) is 115 Å². The molecule has 0 saturated heterocycles. The SMILES string of the molecule is Cc1ccccc1[PH](Cc1ccccc1)(c1ccccc1)c1ccccc1. The third-order valence-electron chi connectivity index (χ3n) is 5.45. The molecular weight excluding hydrogens is 343 g/mol. The van der Waals surface area contributed by atoms with Gasteiger partial charge in [0, 0.05) is 0 Å². The van der Waals surface area contributed by atoms with E-state index in [9.17, 15) is 0 Å². The van der Waals surface area contributed by atoms with E-state index in [1.165, 1.54) is 27.0 Å². The van der Waals surface area contributed by atoms with Crippen LogP contribution < -0.4 is 15.9 Å². The molecule has 0 N–H and O–H groups in total. The summed E-state index contributed by atoms with van der Waals surface area (Å²) in [5.74, 6) is 0. The average Bonchev–Trinajstić information content (AvgIpc) is 2.75. The van der Waals surface area contributed by atoms with Crippen molar-refractivity contribution >= 4 is 23.2 Å². The zero-order valence-electron chi connectivity index (χ0n) is 15.7.